The molecule has 0 amide bonds. The van der Waals surface area contributed by atoms with Crippen molar-refractivity contribution in [2.75, 3.05) is 13.2 Å². The average Bonchev–Trinajstić information content (AvgIpc) is 2.54. The molecule has 1 aliphatic carbocycles. The minimum Gasteiger partial charge on any atom is -0.487 e. The van der Waals surface area contributed by atoms with Crippen molar-refractivity contribution in [3.8, 4) is 0 Å². The molecule has 1 saturated heterocycles. The highest BCUT2D eigenvalue weighted by atomic mass is 16.7. The molecule has 122 valence electrons. The Bertz CT molecular complexity index is 693. The fourth-order valence-corrected chi connectivity index (χ4v) is 3.55. The average molecular weight is 314 g/mol. The molecule has 3 aliphatic rings. The van der Waals surface area contributed by atoms with E-state index in [1.54, 1.807) is 0 Å². The van der Waals surface area contributed by atoms with Crippen LogP contribution in [0, 0.1) is 5.92 Å². The van der Waals surface area contributed by atoms with Gasteiger partial charge in [-0.2, -0.15) is 0 Å². The summed E-state index contributed by atoms with van der Waals surface area (Å²) in [5.74, 6) is -0.378. The fraction of sp³-hybridized carbons (Fsp3) is 0.526. The maximum Gasteiger partial charge on any atom is 0.261 e. The summed E-state index contributed by atoms with van der Waals surface area (Å²) < 4.78 is 18.2. The number of rotatable bonds is 0. The summed E-state index contributed by atoms with van der Waals surface area (Å²) in [6.07, 6.45) is 1.51. The van der Waals surface area contributed by atoms with Gasteiger partial charge in [0.1, 0.15) is 11.4 Å². The van der Waals surface area contributed by atoms with E-state index in [0.717, 1.165) is 17.5 Å². The number of carbonyl (C=O) groups excluding carboxylic acids is 1. The maximum absolute atomic E-state index is 13.2. The molecule has 1 spiro atoms. The Morgan fingerprint density at radius 1 is 1.13 bits per heavy atom. The molecule has 0 atom stereocenters. The van der Waals surface area contributed by atoms with Crippen molar-refractivity contribution in [3.05, 3.63) is 41.0 Å². The van der Waals surface area contributed by atoms with Gasteiger partial charge in [-0.1, -0.05) is 31.2 Å². The van der Waals surface area contributed by atoms with Gasteiger partial charge in [-0.05, 0) is 26.7 Å². The van der Waals surface area contributed by atoms with E-state index in [2.05, 4.69) is 20.8 Å². The molecule has 4 nitrogen and oxygen atoms in total. The van der Waals surface area contributed by atoms with Gasteiger partial charge in [0.15, 0.2) is 0 Å². The number of carbonyl (C=O) groups is 1. The van der Waals surface area contributed by atoms with Crippen molar-refractivity contribution in [2.24, 2.45) is 5.92 Å². The van der Waals surface area contributed by atoms with Crippen LogP contribution < -0.4 is 0 Å². The molecule has 0 unspecified atom stereocenters. The lowest BCUT2D eigenvalue weighted by molar-refractivity contribution is -0.272. The smallest absolute Gasteiger partial charge is 0.261 e. The van der Waals surface area contributed by atoms with Crippen LogP contribution in [0.5, 0.6) is 0 Å². The molecule has 0 aromatic heterocycles. The summed E-state index contributed by atoms with van der Waals surface area (Å²) in [5, 5.41) is 0. The molecule has 0 saturated carbocycles. The van der Waals surface area contributed by atoms with Crippen LogP contribution in [0.25, 0.3) is 5.76 Å². The third-order valence-electron chi connectivity index (χ3n) is 4.87. The molecule has 2 heterocycles. The second-order valence-electron chi connectivity index (χ2n) is 7.39. The van der Waals surface area contributed by atoms with Crippen LogP contribution in [0.3, 0.4) is 0 Å². The van der Waals surface area contributed by atoms with Gasteiger partial charge >= 0.3 is 0 Å². The molecule has 1 fully saturated rings. The van der Waals surface area contributed by atoms with E-state index in [1.807, 2.05) is 24.3 Å². The van der Waals surface area contributed by atoms with Crippen LogP contribution in [0.15, 0.2) is 29.8 Å². The first-order chi connectivity index (χ1) is 10.9. The predicted molar refractivity (Wildman–Crippen MR) is 85.5 cm³/mol. The SMILES string of the molecule is CC1COC2(OC1)C(=O)C1=C(OC(C)(C)CC1)c1ccccc12. The minimum absolute atomic E-state index is 0.0893. The van der Waals surface area contributed by atoms with E-state index in [4.69, 9.17) is 14.2 Å². The van der Waals surface area contributed by atoms with Crippen molar-refractivity contribution in [1.82, 2.24) is 0 Å². The highest BCUT2D eigenvalue weighted by Gasteiger charge is 2.53. The van der Waals surface area contributed by atoms with E-state index >= 15 is 0 Å². The van der Waals surface area contributed by atoms with Gasteiger partial charge in [0.2, 0.25) is 5.78 Å². The lowest BCUT2D eigenvalue weighted by atomic mass is 9.79. The van der Waals surface area contributed by atoms with Crippen molar-refractivity contribution in [3.63, 3.8) is 0 Å². The largest absolute Gasteiger partial charge is 0.487 e. The van der Waals surface area contributed by atoms with Crippen molar-refractivity contribution >= 4 is 11.5 Å². The van der Waals surface area contributed by atoms with Gasteiger partial charge in [0.05, 0.1) is 13.2 Å². The van der Waals surface area contributed by atoms with Gasteiger partial charge in [0.25, 0.3) is 5.79 Å². The Morgan fingerprint density at radius 3 is 2.57 bits per heavy atom. The summed E-state index contributed by atoms with van der Waals surface area (Å²) in [5.41, 5.74) is 2.13. The van der Waals surface area contributed by atoms with E-state index in [9.17, 15) is 4.79 Å². The lowest BCUT2D eigenvalue weighted by Crippen LogP contribution is -2.51. The van der Waals surface area contributed by atoms with E-state index in [0.29, 0.717) is 31.0 Å². The maximum atomic E-state index is 13.2. The molecule has 1 aromatic carbocycles. The summed E-state index contributed by atoms with van der Waals surface area (Å²) in [6.45, 7) is 7.22. The van der Waals surface area contributed by atoms with Crippen LogP contribution in [0.1, 0.15) is 44.7 Å². The van der Waals surface area contributed by atoms with Crippen molar-refractivity contribution in [2.45, 2.75) is 45.0 Å². The van der Waals surface area contributed by atoms with Gasteiger partial charge in [0, 0.05) is 22.6 Å². The van der Waals surface area contributed by atoms with Gasteiger partial charge in [-0.3, -0.25) is 4.79 Å². The third kappa shape index (κ3) is 2.16. The summed E-state index contributed by atoms with van der Waals surface area (Å²) in [4.78, 5) is 13.2. The number of hydrogen-bond donors (Lipinski definition) is 0. The monoisotopic (exact) mass is 314 g/mol. The van der Waals surface area contributed by atoms with Crippen LogP contribution in [0.2, 0.25) is 0 Å². The quantitative estimate of drug-likeness (QED) is 0.736. The first-order valence-electron chi connectivity index (χ1n) is 8.28. The number of fused-ring (bicyclic) bond motifs is 3. The van der Waals surface area contributed by atoms with Crippen LogP contribution >= 0.6 is 0 Å². The van der Waals surface area contributed by atoms with E-state index < -0.39 is 5.79 Å². The number of hydrogen-bond acceptors (Lipinski definition) is 4. The van der Waals surface area contributed by atoms with Crippen LogP contribution in [-0.2, 0) is 24.8 Å². The van der Waals surface area contributed by atoms with Gasteiger partial charge in [-0.25, -0.2) is 0 Å². The highest BCUT2D eigenvalue weighted by Crippen LogP contribution is 2.49. The number of ether oxygens (including phenoxy) is 3. The molecule has 4 rings (SSSR count). The molecule has 1 aromatic rings. The first-order valence-corrected chi connectivity index (χ1v) is 8.28. The number of ketones is 1. The molecular formula is C19H22O4. The third-order valence-corrected chi connectivity index (χ3v) is 4.87. The Morgan fingerprint density at radius 2 is 1.83 bits per heavy atom. The summed E-state index contributed by atoms with van der Waals surface area (Å²) in [6, 6.07) is 7.78. The molecule has 23 heavy (non-hydrogen) atoms. The molecule has 0 N–H and O–H groups in total. The highest BCUT2D eigenvalue weighted by molar-refractivity contribution is 6.10. The second kappa shape index (κ2) is 4.92. The van der Waals surface area contributed by atoms with E-state index in [1.165, 1.54) is 0 Å². The van der Waals surface area contributed by atoms with Crippen molar-refractivity contribution < 1.29 is 19.0 Å². The Balaban J connectivity index is 1.88. The van der Waals surface area contributed by atoms with Gasteiger partial charge < -0.3 is 14.2 Å². The zero-order valence-electron chi connectivity index (χ0n) is 13.8. The summed E-state index contributed by atoms with van der Waals surface area (Å²) >= 11 is 0. The molecular weight excluding hydrogens is 292 g/mol. The second-order valence-corrected chi connectivity index (χ2v) is 7.39. The standard InChI is InChI=1S/C19H22O4/c1-12-10-21-19(22-11-12)15-7-5-4-6-13(15)16-14(17(19)20)8-9-18(2,3)23-16/h4-7,12H,8-11H2,1-3H3. The molecule has 4 heteroatoms. The predicted octanol–water partition coefficient (Wildman–Crippen LogP) is 3.41. The van der Waals surface area contributed by atoms with Crippen LogP contribution in [0.4, 0.5) is 0 Å². The first kappa shape index (κ1) is 14.9. The number of benzene rings is 1. The molecule has 0 radical (unpaired) electrons. The zero-order valence-corrected chi connectivity index (χ0v) is 13.8. The Labute approximate surface area is 136 Å². The Hall–Kier alpha value is -1.65. The lowest BCUT2D eigenvalue weighted by Gasteiger charge is -2.45. The molecule has 0 bridgehead atoms. The van der Waals surface area contributed by atoms with Crippen molar-refractivity contribution in [1.29, 1.82) is 0 Å². The minimum atomic E-state index is -1.28. The number of Topliss-reactive ketones (excluding diaryl/α,β-unsaturated/α-hetero) is 1. The molecule has 2 aliphatic heterocycles. The summed E-state index contributed by atoms with van der Waals surface area (Å²) in [7, 11) is 0. The van der Waals surface area contributed by atoms with E-state index in [-0.39, 0.29) is 17.3 Å². The van der Waals surface area contributed by atoms with Crippen LogP contribution in [-0.4, -0.2) is 24.6 Å². The van der Waals surface area contributed by atoms with Gasteiger partial charge in [-0.15, -0.1) is 0 Å². The topological polar surface area (TPSA) is 44.8 Å². The Kier molecular flexibility index (Phi) is 3.19. The normalized spacial score (nSPS) is 32.3. The zero-order chi connectivity index (χ0) is 16.2. The fourth-order valence-electron chi connectivity index (χ4n) is 3.55.